The van der Waals surface area contributed by atoms with Crippen molar-refractivity contribution in [3.63, 3.8) is 0 Å². The van der Waals surface area contributed by atoms with Crippen LogP contribution >= 0.6 is 15.9 Å². The van der Waals surface area contributed by atoms with Crippen molar-refractivity contribution >= 4 is 33.4 Å². The van der Waals surface area contributed by atoms with Crippen molar-refractivity contribution in [1.82, 2.24) is 24.5 Å². The van der Waals surface area contributed by atoms with Gasteiger partial charge in [-0.1, -0.05) is 0 Å². The minimum Gasteiger partial charge on any atom is -0.337 e. The number of carbonyl (C=O) groups is 2. The van der Waals surface area contributed by atoms with E-state index in [2.05, 4.69) is 31.4 Å². The molecule has 3 rings (SSSR count). The molecule has 27 heavy (non-hydrogen) atoms. The van der Waals surface area contributed by atoms with Gasteiger partial charge >= 0.3 is 0 Å². The first kappa shape index (κ1) is 19.6. The highest BCUT2D eigenvalue weighted by molar-refractivity contribution is 9.10. The number of piperidine rings is 1. The van der Waals surface area contributed by atoms with Gasteiger partial charge in [0.1, 0.15) is 11.7 Å². The van der Waals surface area contributed by atoms with Crippen molar-refractivity contribution in [2.24, 2.45) is 7.05 Å². The molecular weight excluding hydrogens is 412 g/mol. The summed E-state index contributed by atoms with van der Waals surface area (Å²) in [6.45, 7) is 7.06. The van der Waals surface area contributed by atoms with Crippen LogP contribution in [0.2, 0.25) is 0 Å². The standard InChI is InChI=1S/C18H25BrN6O2/c1-11-15(19)12(2)25(22-11)13(3)17(26)21-14-10-20-23(4)16(14)18(27)24-8-6-5-7-9-24/h10,13H,5-9H2,1-4H3,(H,21,26). The summed E-state index contributed by atoms with van der Waals surface area (Å²) in [6.07, 6.45) is 4.69. The number of nitrogens with zero attached hydrogens (tertiary/aromatic N) is 5. The van der Waals surface area contributed by atoms with Crippen molar-refractivity contribution in [2.75, 3.05) is 18.4 Å². The van der Waals surface area contributed by atoms with Gasteiger partial charge in [-0.25, -0.2) is 0 Å². The average Bonchev–Trinajstić information content (AvgIpc) is 3.15. The summed E-state index contributed by atoms with van der Waals surface area (Å²) < 4.78 is 4.10. The Balaban J connectivity index is 1.80. The van der Waals surface area contributed by atoms with E-state index in [0.717, 1.165) is 48.2 Å². The topological polar surface area (TPSA) is 85.0 Å². The second-order valence-electron chi connectivity index (χ2n) is 6.98. The van der Waals surface area contributed by atoms with E-state index in [1.807, 2.05) is 18.7 Å². The van der Waals surface area contributed by atoms with Gasteiger partial charge in [-0.2, -0.15) is 10.2 Å². The molecule has 0 radical (unpaired) electrons. The van der Waals surface area contributed by atoms with Crippen LogP contribution < -0.4 is 5.32 Å². The summed E-state index contributed by atoms with van der Waals surface area (Å²) in [6, 6.07) is -0.520. The number of nitrogens with one attached hydrogen (secondary N) is 1. The number of aryl methyl sites for hydroxylation is 2. The molecule has 1 aliphatic heterocycles. The molecular formula is C18H25BrN6O2. The van der Waals surface area contributed by atoms with Gasteiger partial charge < -0.3 is 10.2 Å². The second-order valence-corrected chi connectivity index (χ2v) is 7.77. The van der Waals surface area contributed by atoms with Crippen molar-refractivity contribution in [3.05, 3.63) is 27.8 Å². The number of aromatic nitrogens is 4. The van der Waals surface area contributed by atoms with Gasteiger partial charge in [0.15, 0.2) is 0 Å². The van der Waals surface area contributed by atoms with Gasteiger partial charge in [-0.3, -0.25) is 19.0 Å². The predicted molar refractivity (Wildman–Crippen MR) is 106 cm³/mol. The Morgan fingerprint density at radius 1 is 1.22 bits per heavy atom. The SMILES string of the molecule is Cc1nn(C(C)C(=O)Nc2cnn(C)c2C(=O)N2CCCCC2)c(C)c1Br. The van der Waals surface area contributed by atoms with Gasteiger partial charge in [0.05, 0.1) is 27.7 Å². The molecule has 3 heterocycles. The fourth-order valence-electron chi connectivity index (χ4n) is 3.40. The lowest BCUT2D eigenvalue weighted by Gasteiger charge is -2.27. The quantitative estimate of drug-likeness (QED) is 0.797. The molecule has 2 amide bonds. The van der Waals surface area contributed by atoms with Crippen LogP contribution in [0.4, 0.5) is 5.69 Å². The number of hydrogen-bond acceptors (Lipinski definition) is 4. The van der Waals surface area contributed by atoms with Crippen LogP contribution in [0.5, 0.6) is 0 Å². The molecule has 1 saturated heterocycles. The van der Waals surface area contributed by atoms with Crippen LogP contribution in [0.25, 0.3) is 0 Å². The number of likely N-dealkylation sites (tertiary alicyclic amines) is 1. The summed E-state index contributed by atoms with van der Waals surface area (Å²) in [7, 11) is 1.72. The van der Waals surface area contributed by atoms with E-state index >= 15 is 0 Å². The number of carbonyl (C=O) groups excluding carboxylic acids is 2. The highest BCUT2D eigenvalue weighted by atomic mass is 79.9. The minimum atomic E-state index is -0.520. The Morgan fingerprint density at radius 3 is 2.48 bits per heavy atom. The Labute approximate surface area is 167 Å². The third-order valence-electron chi connectivity index (χ3n) is 5.03. The van der Waals surface area contributed by atoms with Gasteiger partial charge in [-0.05, 0) is 56.0 Å². The first-order valence-corrected chi connectivity index (χ1v) is 9.94. The maximum absolute atomic E-state index is 12.9. The van der Waals surface area contributed by atoms with Crippen LogP contribution in [-0.4, -0.2) is 49.4 Å². The van der Waals surface area contributed by atoms with Crippen molar-refractivity contribution in [3.8, 4) is 0 Å². The molecule has 0 saturated carbocycles. The average molecular weight is 437 g/mol. The van der Waals surface area contributed by atoms with Crippen molar-refractivity contribution in [2.45, 2.75) is 46.1 Å². The molecule has 9 heteroatoms. The smallest absolute Gasteiger partial charge is 0.274 e. The Morgan fingerprint density at radius 2 is 1.89 bits per heavy atom. The van der Waals surface area contributed by atoms with Crippen LogP contribution in [-0.2, 0) is 11.8 Å². The second kappa shape index (κ2) is 7.84. The van der Waals surface area contributed by atoms with E-state index in [1.54, 1.807) is 18.7 Å². The largest absolute Gasteiger partial charge is 0.337 e. The number of hydrogen-bond donors (Lipinski definition) is 1. The summed E-state index contributed by atoms with van der Waals surface area (Å²) in [5, 5.41) is 11.5. The highest BCUT2D eigenvalue weighted by Gasteiger charge is 2.27. The fraction of sp³-hybridized carbons (Fsp3) is 0.556. The first-order valence-electron chi connectivity index (χ1n) is 9.14. The summed E-state index contributed by atoms with van der Waals surface area (Å²) >= 11 is 3.48. The number of anilines is 1. The van der Waals surface area contributed by atoms with Gasteiger partial charge in [0.2, 0.25) is 5.91 Å². The number of halogens is 1. The maximum Gasteiger partial charge on any atom is 0.274 e. The third kappa shape index (κ3) is 3.78. The van der Waals surface area contributed by atoms with Gasteiger partial charge in [0, 0.05) is 20.1 Å². The zero-order valence-corrected chi connectivity index (χ0v) is 17.7. The predicted octanol–water partition coefficient (Wildman–Crippen LogP) is 2.82. The molecule has 0 spiro atoms. The molecule has 2 aromatic rings. The fourth-order valence-corrected chi connectivity index (χ4v) is 3.66. The first-order chi connectivity index (χ1) is 12.8. The van der Waals surface area contributed by atoms with E-state index in [-0.39, 0.29) is 11.8 Å². The molecule has 146 valence electrons. The third-order valence-corrected chi connectivity index (χ3v) is 6.17. The minimum absolute atomic E-state index is 0.0912. The molecule has 2 aromatic heterocycles. The summed E-state index contributed by atoms with van der Waals surface area (Å²) in [5.74, 6) is -0.333. The number of rotatable bonds is 4. The molecule has 1 atom stereocenters. The normalized spacial score (nSPS) is 15.7. The van der Waals surface area contributed by atoms with Gasteiger partial charge in [0.25, 0.3) is 5.91 Å². The van der Waals surface area contributed by atoms with Crippen LogP contribution in [0.3, 0.4) is 0 Å². The molecule has 0 bridgehead atoms. The van der Waals surface area contributed by atoms with Crippen molar-refractivity contribution < 1.29 is 9.59 Å². The molecule has 0 aliphatic carbocycles. The molecule has 1 unspecified atom stereocenters. The van der Waals surface area contributed by atoms with Crippen LogP contribution in [0, 0.1) is 13.8 Å². The monoisotopic (exact) mass is 436 g/mol. The molecule has 8 nitrogen and oxygen atoms in total. The number of amides is 2. The van der Waals surface area contributed by atoms with E-state index in [9.17, 15) is 9.59 Å². The zero-order chi connectivity index (χ0) is 19.7. The molecule has 1 fully saturated rings. The summed E-state index contributed by atoms with van der Waals surface area (Å²) in [5.41, 5.74) is 2.55. The van der Waals surface area contributed by atoms with E-state index in [1.165, 1.54) is 10.9 Å². The Hall–Kier alpha value is -2.16. The Kier molecular flexibility index (Phi) is 5.69. The van der Waals surface area contributed by atoms with Crippen LogP contribution in [0.15, 0.2) is 10.7 Å². The van der Waals surface area contributed by atoms with E-state index in [0.29, 0.717) is 11.4 Å². The molecule has 1 N–H and O–H groups in total. The van der Waals surface area contributed by atoms with Gasteiger partial charge in [-0.15, -0.1) is 0 Å². The highest BCUT2D eigenvalue weighted by Crippen LogP contribution is 2.24. The molecule has 0 aromatic carbocycles. The lowest BCUT2D eigenvalue weighted by atomic mass is 10.1. The molecule has 1 aliphatic rings. The zero-order valence-electron chi connectivity index (χ0n) is 16.1. The van der Waals surface area contributed by atoms with E-state index < -0.39 is 6.04 Å². The van der Waals surface area contributed by atoms with Crippen LogP contribution in [0.1, 0.15) is 54.1 Å². The lowest BCUT2D eigenvalue weighted by Crippen LogP contribution is -2.37. The summed E-state index contributed by atoms with van der Waals surface area (Å²) in [4.78, 5) is 27.5. The maximum atomic E-state index is 12.9. The van der Waals surface area contributed by atoms with E-state index in [4.69, 9.17) is 0 Å². The van der Waals surface area contributed by atoms with Crippen molar-refractivity contribution in [1.29, 1.82) is 0 Å². The Bertz CT molecular complexity index is 866. The lowest BCUT2D eigenvalue weighted by molar-refractivity contribution is -0.119.